The molecule has 0 aliphatic rings. The van der Waals surface area contributed by atoms with Gasteiger partial charge in [-0.05, 0) is 19.9 Å². The van der Waals surface area contributed by atoms with E-state index >= 15 is 0 Å². The Labute approximate surface area is 85.9 Å². The molecule has 0 aliphatic heterocycles. The predicted molar refractivity (Wildman–Crippen MR) is 51.0 cm³/mol. The maximum atomic E-state index is 5.56. The summed E-state index contributed by atoms with van der Waals surface area (Å²) in [6.45, 7) is 3.72. The third kappa shape index (κ3) is 1.53. The molecule has 2 heterocycles. The second-order valence-electron chi connectivity index (χ2n) is 2.98. The molecule has 0 bridgehead atoms. The smallest absolute Gasteiger partial charge is 0.261 e. The van der Waals surface area contributed by atoms with Gasteiger partial charge in [-0.2, -0.15) is 4.98 Å². The fraction of sp³-hybridized carbons (Fsp3) is 0.333. The van der Waals surface area contributed by atoms with Gasteiger partial charge in [0.15, 0.2) is 5.82 Å². The second-order valence-corrected chi connectivity index (χ2v) is 3.24. The van der Waals surface area contributed by atoms with Gasteiger partial charge in [0, 0.05) is 0 Å². The number of hydrogen-bond acceptors (Lipinski definition) is 4. The standard InChI is InChI=1S/C9H9ClN2O2/c1-5-3-7(6(2)13-5)9-11-8(4-10)12-14-9/h3H,4H2,1-2H3. The minimum absolute atomic E-state index is 0.249. The summed E-state index contributed by atoms with van der Waals surface area (Å²) in [5.74, 6) is 2.78. The molecule has 2 aromatic rings. The van der Waals surface area contributed by atoms with Crippen molar-refractivity contribution in [3.05, 3.63) is 23.4 Å². The molecule has 0 atom stereocenters. The molecule has 0 aliphatic carbocycles. The van der Waals surface area contributed by atoms with E-state index in [1.165, 1.54) is 0 Å². The number of aryl methyl sites for hydroxylation is 2. The van der Waals surface area contributed by atoms with Gasteiger partial charge >= 0.3 is 0 Å². The summed E-state index contributed by atoms with van der Waals surface area (Å²) >= 11 is 5.56. The van der Waals surface area contributed by atoms with Crippen LogP contribution in [-0.2, 0) is 5.88 Å². The SMILES string of the molecule is Cc1cc(-c2nc(CCl)no2)c(C)o1. The van der Waals surface area contributed by atoms with Crippen LogP contribution < -0.4 is 0 Å². The lowest BCUT2D eigenvalue weighted by atomic mass is 10.2. The van der Waals surface area contributed by atoms with Crippen LogP contribution in [0.4, 0.5) is 0 Å². The van der Waals surface area contributed by atoms with Crippen LogP contribution in [-0.4, -0.2) is 10.1 Å². The molecule has 5 heteroatoms. The highest BCUT2D eigenvalue weighted by Crippen LogP contribution is 2.24. The lowest BCUT2D eigenvalue weighted by Crippen LogP contribution is -1.80. The molecule has 4 nitrogen and oxygen atoms in total. The van der Waals surface area contributed by atoms with Crippen LogP contribution in [0.3, 0.4) is 0 Å². The molecule has 2 aromatic heterocycles. The molecule has 0 amide bonds. The van der Waals surface area contributed by atoms with Crippen molar-refractivity contribution in [2.75, 3.05) is 0 Å². The number of nitrogens with zero attached hydrogens (tertiary/aromatic N) is 2. The zero-order valence-corrected chi connectivity index (χ0v) is 8.63. The minimum Gasteiger partial charge on any atom is -0.466 e. The quantitative estimate of drug-likeness (QED) is 0.719. The van der Waals surface area contributed by atoms with Gasteiger partial charge in [-0.3, -0.25) is 0 Å². The van der Waals surface area contributed by atoms with E-state index in [1.54, 1.807) is 0 Å². The Morgan fingerprint density at radius 3 is 2.71 bits per heavy atom. The molecule has 14 heavy (non-hydrogen) atoms. The Hall–Kier alpha value is -1.29. The molecular formula is C9H9ClN2O2. The number of alkyl halides is 1. The first kappa shape index (κ1) is 9.27. The van der Waals surface area contributed by atoms with Crippen molar-refractivity contribution < 1.29 is 8.94 Å². The van der Waals surface area contributed by atoms with Gasteiger partial charge in [0.2, 0.25) is 0 Å². The van der Waals surface area contributed by atoms with Crippen molar-refractivity contribution in [2.45, 2.75) is 19.7 Å². The van der Waals surface area contributed by atoms with Crippen molar-refractivity contribution in [3.8, 4) is 11.5 Å². The van der Waals surface area contributed by atoms with E-state index in [0.717, 1.165) is 17.1 Å². The molecule has 2 rings (SSSR count). The highest BCUT2D eigenvalue weighted by Gasteiger charge is 2.13. The summed E-state index contributed by atoms with van der Waals surface area (Å²) in [4.78, 5) is 4.10. The van der Waals surface area contributed by atoms with Gasteiger partial charge in [-0.1, -0.05) is 5.16 Å². The summed E-state index contributed by atoms with van der Waals surface area (Å²) in [5.41, 5.74) is 0.825. The number of aromatic nitrogens is 2. The van der Waals surface area contributed by atoms with E-state index in [0.29, 0.717) is 11.7 Å². The summed E-state index contributed by atoms with van der Waals surface area (Å²) < 4.78 is 10.4. The van der Waals surface area contributed by atoms with Crippen LogP contribution >= 0.6 is 11.6 Å². The van der Waals surface area contributed by atoms with Crippen LogP contribution in [0, 0.1) is 13.8 Å². The minimum atomic E-state index is 0.249. The first-order valence-electron chi connectivity index (χ1n) is 4.16. The number of hydrogen-bond donors (Lipinski definition) is 0. The molecule has 0 N–H and O–H groups in total. The Balaban J connectivity index is 2.43. The third-order valence-corrected chi connectivity index (χ3v) is 2.10. The van der Waals surface area contributed by atoms with E-state index in [2.05, 4.69) is 10.1 Å². The fourth-order valence-corrected chi connectivity index (χ4v) is 1.37. The van der Waals surface area contributed by atoms with E-state index in [-0.39, 0.29) is 5.88 Å². The molecule has 0 saturated carbocycles. The molecule has 0 fully saturated rings. The lowest BCUT2D eigenvalue weighted by molar-refractivity contribution is 0.423. The monoisotopic (exact) mass is 212 g/mol. The first-order chi connectivity index (χ1) is 6.70. The van der Waals surface area contributed by atoms with Crippen molar-refractivity contribution in [1.82, 2.24) is 10.1 Å². The van der Waals surface area contributed by atoms with Gasteiger partial charge in [-0.25, -0.2) is 0 Å². The summed E-state index contributed by atoms with van der Waals surface area (Å²) in [6.07, 6.45) is 0. The van der Waals surface area contributed by atoms with Crippen molar-refractivity contribution in [3.63, 3.8) is 0 Å². The van der Waals surface area contributed by atoms with Crippen molar-refractivity contribution in [1.29, 1.82) is 0 Å². The molecule has 0 radical (unpaired) electrons. The Kier molecular flexibility index (Phi) is 2.29. The van der Waals surface area contributed by atoms with Crippen LogP contribution in [0.5, 0.6) is 0 Å². The van der Waals surface area contributed by atoms with E-state index in [1.807, 2.05) is 19.9 Å². The average Bonchev–Trinajstić information content (AvgIpc) is 2.71. The van der Waals surface area contributed by atoms with Crippen LogP contribution in [0.25, 0.3) is 11.5 Å². The molecular weight excluding hydrogens is 204 g/mol. The highest BCUT2D eigenvalue weighted by atomic mass is 35.5. The van der Waals surface area contributed by atoms with Crippen LogP contribution in [0.1, 0.15) is 17.3 Å². The Morgan fingerprint density at radius 1 is 1.43 bits per heavy atom. The topological polar surface area (TPSA) is 52.1 Å². The number of furan rings is 1. The average molecular weight is 213 g/mol. The number of halogens is 1. The Morgan fingerprint density at radius 2 is 2.21 bits per heavy atom. The van der Waals surface area contributed by atoms with Crippen molar-refractivity contribution >= 4 is 11.6 Å². The summed E-state index contributed by atoms with van der Waals surface area (Å²) in [7, 11) is 0. The van der Waals surface area contributed by atoms with Gasteiger partial charge in [0.05, 0.1) is 11.4 Å². The van der Waals surface area contributed by atoms with Gasteiger partial charge in [0.25, 0.3) is 5.89 Å². The van der Waals surface area contributed by atoms with E-state index in [4.69, 9.17) is 20.5 Å². The van der Waals surface area contributed by atoms with Gasteiger partial charge < -0.3 is 8.94 Å². The van der Waals surface area contributed by atoms with Crippen molar-refractivity contribution in [2.24, 2.45) is 0 Å². The van der Waals surface area contributed by atoms with E-state index in [9.17, 15) is 0 Å². The Bertz CT molecular complexity index is 447. The molecule has 0 saturated heterocycles. The maximum absolute atomic E-state index is 5.56. The predicted octanol–water partition coefficient (Wildman–Crippen LogP) is 2.69. The fourth-order valence-electron chi connectivity index (χ4n) is 1.26. The van der Waals surface area contributed by atoms with Gasteiger partial charge in [0.1, 0.15) is 11.5 Å². The lowest BCUT2D eigenvalue weighted by Gasteiger charge is -1.87. The first-order valence-corrected chi connectivity index (χ1v) is 4.70. The van der Waals surface area contributed by atoms with Gasteiger partial charge in [-0.15, -0.1) is 11.6 Å². The molecule has 0 unspecified atom stereocenters. The maximum Gasteiger partial charge on any atom is 0.261 e. The van der Waals surface area contributed by atoms with Crippen LogP contribution in [0.15, 0.2) is 15.0 Å². The van der Waals surface area contributed by atoms with E-state index < -0.39 is 0 Å². The molecule has 0 aromatic carbocycles. The zero-order valence-electron chi connectivity index (χ0n) is 7.87. The largest absolute Gasteiger partial charge is 0.466 e. The second kappa shape index (κ2) is 3.46. The summed E-state index contributed by atoms with van der Waals surface area (Å²) in [5, 5.41) is 3.70. The zero-order chi connectivity index (χ0) is 10.1. The summed E-state index contributed by atoms with van der Waals surface area (Å²) in [6, 6.07) is 1.86. The third-order valence-electron chi connectivity index (χ3n) is 1.86. The highest BCUT2D eigenvalue weighted by molar-refractivity contribution is 6.16. The normalized spacial score (nSPS) is 10.8. The number of rotatable bonds is 2. The van der Waals surface area contributed by atoms with Crippen LogP contribution in [0.2, 0.25) is 0 Å². The molecule has 0 spiro atoms. The molecule has 74 valence electrons.